The second-order valence-corrected chi connectivity index (χ2v) is 12.1. The van der Waals surface area contributed by atoms with Crippen molar-refractivity contribution in [3.63, 3.8) is 0 Å². The van der Waals surface area contributed by atoms with E-state index in [1.54, 1.807) is 6.20 Å². The Labute approximate surface area is 247 Å². The van der Waals surface area contributed by atoms with Gasteiger partial charge < -0.3 is 24.6 Å². The molecule has 7 rings (SSSR count). The summed E-state index contributed by atoms with van der Waals surface area (Å²) >= 11 is 7.12. The number of halogens is 3. The van der Waals surface area contributed by atoms with Crippen LogP contribution in [0.5, 0.6) is 11.8 Å². The number of ether oxygens (including phenoxy) is 2. The highest BCUT2D eigenvalue weighted by Gasteiger charge is 2.47. The van der Waals surface area contributed by atoms with Gasteiger partial charge in [0.05, 0.1) is 16.7 Å². The summed E-state index contributed by atoms with van der Waals surface area (Å²) in [5.74, 6) is -1.68. The van der Waals surface area contributed by atoms with Gasteiger partial charge in [0.1, 0.15) is 24.0 Å². The summed E-state index contributed by atoms with van der Waals surface area (Å²) in [4.78, 5) is 14.3. The molecule has 2 aromatic heterocycles. The van der Waals surface area contributed by atoms with Crippen molar-refractivity contribution in [2.75, 3.05) is 51.3 Å². The van der Waals surface area contributed by atoms with E-state index in [2.05, 4.69) is 32.4 Å². The lowest BCUT2D eigenvalue weighted by Gasteiger charge is -2.36. The molecule has 1 aliphatic carbocycles. The maximum atomic E-state index is 14.0. The zero-order valence-electron chi connectivity index (χ0n) is 23.7. The quantitative estimate of drug-likeness (QED) is 0.301. The molecule has 2 aromatic carbocycles. The number of rotatable bonds is 7. The number of likely N-dealkylation sites (N-methyl/N-ethyl adjacent to an activating group) is 1. The summed E-state index contributed by atoms with van der Waals surface area (Å²) in [6.07, 6.45) is 2.54. The summed E-state index contributed by atoms with van der Waals surface area (Å²) in [5, 5.41) is 12.6. The fraction of sp³-hybridized carbons (Fsp3) is 0.500. The predicted molar refractivity (Wildman–Crippen MR) is 159 cm³/mol. The molecule has 2 aliphatic heterocycles. The number of aromatic nitrogens is 4. The highest BCUT2D eigenvalue weighted by molar-refractivity contribution is 6.35. The summed E-state index contributed by atoms with van der Waals surface area (Å²) in [5.41, 5.74) is 3.72. The van der Waals surface area contributed by atoms with Gasteiger partial charge >= 0.3 is 6.01 Å². The second kappa shape index (κ2) is 10.8. The van der Waals surface area contributed by atoms with Crippen molar-refractivity contribution in [3.05, 3.63) is 35.0 Å². The summed E-state index contributed by atoms with van der Waals surface area (Å²) in [6.45, 7) is 6.59. The van der Waals surface area contributed by atoms with Crippen molar-refractivity contribution >= 4 is 39.2 Å². The van der Waals surface area contributed by atoms with Gasteiger partial charge in [-0.2, -0.15) is 15.1 Å². The molecule has 1 atom stereocenters. The Hall–Kier alpha value is -3.28. The van der Waals surface area contributed by atoms with Crippen LogP contribution in [0.25, 0.3) is 32.9 Å². The van der Waals surface area contributed by atoms with Crippen LogP contribution in [0, 0.1) is 6.92 Å². The molecule has 0 amide bonds. The molecule has 1 saturated carbocycles. The van der Waals surface area contributed by atoms with E-state index in [1.807, 2.05) is 25.1 Å². The van der Waals surface area contributed by atoms with Crippen LogP contribution in [0.3, 0.4) is 0 Å². The fourth-order valence-corrected chi connectivity index (χ4v) is 6.66. The van der Waals surface area contributed by atoms with Crippen molar-refractivity contribution in [2.45, 2.75) is 50.7 Å². The number of alkyl halides is 2. The SMILES string of the molecule is Cc1ccc2[nH]ncc2c1-c1c(Cl)cc2c(N3CCNCC3)nc(OC[C@@H]3CCCN3C)nc2c1OC1CC(F)(F)C1. The molecular weight excluding hydrogens is 564 g/mol. The molecule has 3 fully saturated rings. The van der Waals surface area contributed by atoms with Crippen molar-refractivity contribution in [2.24, 2.45) is 0 Å². The zero-order valence-corrected chi connectivity index (χ0v) is 24.5. The summed E-state index contributed by atoms with van der Waals surface area (Å²) in [7, 11) is 2.10. The lowest BCUT2D eigenvalue weighted by atomic mass is 9.90. The second-order valence-electron chi connectivity index (χ2n) is 11.7. The standard InChI is InChI=1S/C30H34ClF2N7O2/c1-17-5-6-23-21(15-35-38-23)24(17)25-22(31)12-20-26(27(25)42-19-13-30(32,33)14-19)36-29(41-16-18-4-3-9-39(18)2)37-28(20)40-10-7-34-8-11-40/h5-6,12,15,18-19,34H,3-4,7-11,13-14,16H2,1-2H3,(H,35,38)/t18-/m0/s1. The first-order valence-corrected chi connectivity index (χ1v) is 15.0. The zero-order chi connectivity index (χ0) is 29.0. The molecule has 0 radical (unpaired) electrons. The third-order valence-electron chi connectivity index (χ3n) is 8.77. The molecule has 222 valence electrons. The number of nitrogens with one attached hydrogen (secondary N) is 2. The minimum absolute atomic E-state index is 0.242. The topological polar surface area (TPSA) is 91.4 Å². The molecule has 4 heterocycles. The Morgan fingerprint density at radius 1 is 1.10 bits per heavy atom. The maximum absolute atomic E-state index is 14.0. The van der Waals surface area contributed by atoms with E-state index >= 15 is 0 Å². The van der Waals surface area contributed by atoms with E-state index in [0.29, 0.717) is 39.7 Å². The van der Waals surface area contributed by atoms with Crippen LogP contribution in [-0.4, -0.2) is 89.5 Å². The van der Waals surface area contributed by atoms with Crippen molar-refractivity contribution in [1.82, 2.24) is 30.4 Å². The Balaban J connectivity index is 1.43. The van der Waals surface area contributed by atoms with Crippen molar-refractivity contribution in [1.29, 1.82) is 0 Å². The van der Waals surface area contributed by atoms with Gasteiger partial charge in [-0.05, 0) is 51.1 Å². The van der Waals surface area contributed by atoms with E-state index in [0.717, 1.165) is 67.6 Å². The Morgan fingerprint density at radius 2 is 1.90 bits per heavy atom. The lowest BCUT2D eigenvalue weighted by molar-refractivity contribution is -0.134. The van der Waals surface area contributed by atoms with E-state index in [1.165, 1.54) is 0 Å². The highest BCUT2D eigenvalue weighted by Crippen LogP contribution is 2.49. The van der Waals surface area contributed by atoms with Gasteiger partial charge in [-0.15, -0.1) is 0 Å². The number of aromatic amines is 1. The number of fused-ring (bicyclic) bond motifs is 2. The van der Waals surface area contributed by atoms with Crippen LogP contribution in [0.1, 0.15) is 31.2 Å². The number of likely N-dealkylation sites (tertiary alicyclic amines) is 1. The Kier molecular flexibility index (Phi) is 7.06. The third kappa shape index (κ3) is 5.01. The number of aryl methyl sites for hydroxylation is 1. The van der Waals surface area contributed by atoms with Gasteiger partial charge in [0.2, 0.25) is 0 Å². The van der Waals surface area contributed by atoms with Crippen LogP contribution in [-0.2, 0) is 0 Å². The van der Waals surface area contributed by atoms with E-state index in [4.69, 9.17) is 31.0 Å². The van der Waals surface area contributed by atoms with Gasteiger partial charge in [0.15, 0.2) is 5.75 Å². The van der Waals surface area contributed by atoms with Gasteiger partial charge in [0, 0.05) is 67.0 Å². The average Bonchev–Trinajstić information content (AvgIpc) is 3.60. The van der Waals surface area contributed by atoms with Gasteiger partial charge in [0.25, 0.3) is 5.92 Å². The number of H-pyrrole nitrogens is 1. The molecule has 0 bridgehead atoms. The molecule has 9 nitrogen and oxygen atoms in total. The number of anilines is 1. The maximum Gasteiger partial charge on any atom is 0.319 e. The van der Waals surface area contributed by atoms with Crippen LogP contribution in [0.15, 0.2) is 24.4 Å². The predicted octanol–water partition coefficient (Wildman–Crippen LogP) is 5.19. The van der Waals surface area contributed by atoms with E-state index in [-0.39, 0.29) is 24.9 Å². The molecule has 0 spiro atoms. The molecule has 2 N–H and O–H groups in total. The number of hydrogen-bond donors (Lipinski definition) is 2. The molecule has 12 heteroatoms. The van der Waals surface area contributed by atoms with Crippen LogP contribution in [0.4, 0.5) is 14.6 Å². The van der Waals surface area contributed by atoms with Crippen LogP contribution in [0.2, 0.25) is 5.02 Å². The Morgan fingerprint density at radius 3 is 2.64 bits per heavy atom. The van der Waals surface area contributed by atoms with E-state index in [9.17, 15) is 8.78 Å². The first-order valence-electron chi connectivity index (χ1n) is 14.6. The Bertz CT molecular complexity index is 1630. The van der Waals surface area contributed by atoms with Crippen molar-refractivity contribution in [3.8, 4) is 22.9 Å². The number of piperazine rings is 1. The normalized spacial score (nSPS) is 21.3. The molecule has 3 aliphatic rings. The van der Waals surface area contributed by atoms with Gasteiger partial charge in [-0.3, -0.25) is 5.10 Å². The molecule has 0 unspecified atom stereocenters. The lowest BCUT2D eigenvalue weighted by Crippen LogP contribution is -2.44. The molecule has 4 aromatic rings. The number of nitrogens with zero attached hydrogens (tertiary/aromatic N) is 5. The monoisotopic (exact) mass is 597 g/mol. The average molecular weight is 598 g/mol. The molecule has 2 saturated heterocycles. The minimum atomic E-state index is -2.75. The number of benzene rings is 2. The van der Waals surface area contributed by atoms with Crippen LogP contribution < -0.4 is 19.7 Å². The van der Waals surface area contributed by atoms with Gasteiger partial charge in [-0.1, -0.05) is 17.7 Å². The first-order chi connectivity index (χ1) is 20.3. The summed E-state index contributed by atoms with van der Waals surface area (Å²) in [6, 6.07) is 6.34. The fourth-order valence-electron chi connectivity index (χ4n) is 6.37. The number of hydrogen-bond acceptors (Lipinski definition) is 8. The first kappa shape index (κ1) is 27.5. The smallest absolute Gasteiger partial charge is 0.319 e. The molecular formula is C30H34ClF2N7O2. The third-order valence-corrected chi connectivity index (χ3v) is 9.07. The minimum Gasteiger partial charge on any atom is -0.487 e. The van der Waals surface area contributed by atoms with E-state index < -0.39 is 12.0 Å². The van der Waals surface area contributed by atoms with Gasteiger partial charge in [-0.25, -0.2) is 8.78 Å². The largest absolute Gasteiger partial charge is 0.487 e. The highest BCUT2D eigenvalue weighted by atomic mass is 35.5. The van der Waals surface area contributed by atoms with Crippen molar-refractivity contribution < 1.29 is 18.3 Å². The van der Waals surface area contributed by atoms with Crippen LogP contribution >= 0.6 is 11.6 Å². The molecule has 42 heavy (non-hydrogen) atoms. The summed E-state index contributed by atoms with van der Waals surface area (Å²) < 4.78 is 40.7.